The Balaban J connectivity index is 2.16. The molecule has 2 unspecified atom stereocenters. The lowest BCUT2D eigenvalue weighted by molar-refractivity contribution is -0.508. The van der Waals surface area contributed by atoms with Gasteiger partial charge in [0.05, 0.1) is 18.5 Å². The SMILES string of the molecule is CN=CC(c1cccn1CC1CCOC1)[N+](=O)[O-]. The van der Waals surface area contributed by atoms with Crippen molar-refractivity contribution in [1.29, 1.82) is 0 Å². The van der Waals surface area contributed by atoms with Gasteiger partial charge in [-0.25, -0.2) is 0 Å². The number of rotatable bonds is 5. The zero-order chi connectivity index (χ0) is 13.0. The first-order chi connectivity index (χ1) is 8.72. The maximum atomic E-state index is 11.1. The molecule has 0 aliphatic carbocycles. The highest BCUT2D eigenvalue weighted by Crippen LogP contribution is 2.20. The molecule has 1 saturated heterocycles. The van der Waals surface area contributed by atoms with Crippen molar-refractivity contribution in [2.24, 2.45) is 10.9 Å². The van der Waals surface area contributed by atoms with Gasteiger partial charge >= 0.3 is 0 Å². The van der Waals surface area contributed by atoms with Crippen molar-refractivity contribution < 1.29 is 9.66 Å². The summed E-state index contributed by atoms with van der Waals surface area (Å²) in [7, 11) is 1.55. The molecule has 98 valence electrons. The average molecular weight is 251 g/mol. The summed E-state index contributed by atoms with van der Waals surface area (Å²) in [5.41, 5.74) is 0.678. The molecule has 0 spiro atoms. The molecule has 2 atom stereocenters. The number of nitro groups is 1. The molecule has 0 saturated carbocycles. The van der Waals surface area contributed by atoms with Crippen LogP contribution in [0, 0.1) is 16.0 Å². The summed E-state index contributed by atoms with van der Waals surface area (Å²) >= 11 is 0. The normalized spacial score (nSPS) is 21.5. The third kappa shape index (κ3) is 2.76. The number of ether oxygens (including phenoxy) is 1. The van der Waals surface area contributed by atoms with Crippen LogP contribution in [0.5, 0.6) is 0 Å². The lowest BCUT2D eigenvalue weighted by Crippen LogP contribution is -2.19. The van der Waals surface area contributed by atoms with Gasteiger partial charge in [-0.3, -0.25) is 15.1 Å². The Morgan fingerprint density at radius 1 is 1.78 bits per heavy atom. The predicted octanol–water partition coefficient (Wildman–Crippen LogP) is 1.54. The van der Waals surface area contributed by atoms with Gasteiger partial charge in [0.1, 0.15) is 0 Å². The third-order valence-corrected chi connectivity index (χ3v) is 3.16. The van der Waals surface area contributed by atoms with E-state index in [9.17, 15) is 10.1 Å². The lowest BCUT2D eigenvalue weighted by atomic mass is 10.1. The molecule has 6 heteroatoms. The molecule has 0 N–H and O–H groups in total. The highest BCUT2D eigenvalue weighted by Gasteiger charge is 2.25. The molecule has 6 nitrogen and oxygen atoms in total. The first-order valence-corrected chi connectivity index (χ1v) is 6.01. The number of hydrogen-bond donors (Lipinski definition) is 0. The molecule has 1 aliphatic heterocycles. The van der Waals surface area contributed by atoms with Crippen molar-refractivity contribution in [1.82, 2.24) is 4.57 Å². The third-order valence-electron chi connectivity index (χ3n) is 3.16. The van der Waals surface area contributed by atoms with Gasteiger partial charge in [0.15, 0.2) is 0 Å². The Bertz CT molecular complexity index is 436. The van der Waals surface area contributed by atoms with Gasteiger partial charge in [0, 0.05) is 37.2 Å². The van der Waals surface area contributed by atoms with Crippen LogP contribution < -0.4 is 0 Å². The van der Waals surface area contributed by atoms with Crippen LogP contribution in [0.3, 0.4) is 0 Å². The van der Waals surface area contributed by atoms with Crippen LogP contribution in [0.2, 0.25) is 0 Å². The Labute approximate surface area is 105 Å². The van der Waals surface area contributed by atoms with E-state index in [1.807, 2.05) is 16.8 Å². The predicted molar refractivity (Wildman–Crippen MR) is 67.5 cm³/mol. The molecular formula is C12H17N3O3. The Kier molecular flexibility index (Phi) is 4.09. The number of aromatic nitrogens is 1. The molecule has 1 aromatic rings. The van der Waals surface area contributed by atoms with E-state index in [-0.39, 0.29) is 4.92 Å². The van der Waals surface area contributed by atoms with E-state index in [1.54, 1.807) is 13.1 Å². The molecule has 2 rings (SSSR count). The summed E-state index contributed by atoms with van der Waals surface area (Å²) in [6.45, 7) is 2.29. The quantitative estimate of drug-likeness (QED) is 0.453. The van der Waals surface area contributed by atoms with Crippen molar-refractivity contribution in [3.63, 3.8) is 0 Å². The fraction of sp³-hybridized carbons (Fsp3) is 0.583. The minimum Gasteiger partial charge on any atom is -0.381 e. The van der Waals surface area contributed by atoms with Gasteiger partial charge in [-0.2, -0.15) is 0 Å². The first kappa shape index (κ1) is 12.8. The fourth-order valence-electron chi connectivity index (χ4n) is 2.25. The molecule has 1 aliphatic rings. The topological polar surface area (TPSA) is 69.7 Å². The summed E-state index contributed by atoms with van der Waals surface area (Å²) in [6, 6.07) is 2.75. The maximum absolute atomic E-state index is 11.1. The number of aliphatic imine (C=N–C) groups is 1. The molecule has 1 aromatic heterocycles. The highest BCUT2D eigenvalue weighted by molar-refractivity contribution is 5.64. The lowest BCUT2D eigenvalue weighted by Gasteiger charge is -2.13. The van der Waals surface area contributed by atoms with E-state index in [1.165, 1.54) is 6.21 Å². The van der Waals surface area contributed by atoms with Crippen LogP contribution in [0.25, 0.3) is 0 Å². The van der Waals surface area contributed by atoms with Crippen molar-refractivity contribution in [2.75, 3.05) is 20.3 Å². The summed E-state index contributed by atoms with van der Waals surface area (Å²) in [4.78, 5) is 14.5. The molecule has 0 amide bonds. The number of nitrogens with zero attached hydrogens (tertiary/aromatic N) is 3. The molecule has 1 fully saturated rings. The largest absolute Gasteiger partial charge is 0.381 e. The molecule has 0 radical (unpaired) electrons. The Morgan fingerprint density at radius 2 is 2.61 bits per heavy atom. The van der Waals surface area contributed by atoms with Gasteiger partial charge in [0.2, 0.25) is 0 Å². The smallest absolute Gasteiger partial charge is 0.287 e. The monoisotopic (exact) mass is 251 g/mol. The Morgan fingerprint density at radius 3 is 3.22 bits per heavy atom. The second-order valence-electron chi connectivity index (χ2n) is 4.45. The highest BCUT2D eigenvalue weighted by atomic mass is 16.6. The maximum Gasteiger partial charge on any atom is 0.287 e. The molecule has 0 bridgehead atoms. The summed E-state index contributed by atoms with van der Waals surface area (Å²) in [5, 5.41) is 11.1. The average Bonchev–Trinajstić information content (AvgIpc) is 2.98. The van der Waals surface area contributed by atoms with Crippen molar-refractivity contribution in [3.05, 3.63) is 34.1 Å². The van der Waals surface area contributed by atoms with E-state index in [0.29, 0.717) is 11.6 Å². The van der Waals surface area contributed by atoms with Crippen LogP contribution in [-0.4, -0.2) is 36.0 Å². The first-order valence-electron chi connectivity index (χ1n) is 6.01. The number of hydrogen-bond acceptors (Lipinski definition) is 4. The second kappa shape index (κ2) is 5.77. The minimum atomic E-state index is -0.868. The summed E-state index contributed by atoms with van der Waals surface area (Å²) in [5.74, 6) is 0.446. The molecule has 18 heavy (non-hydrogen) atoms. The van der Waals surface area contributed by atoms with Crippen molar-refractivity contribution in [3.8, 4) is 0 Å². The second-order valence-corrected chi connectivity index (χ2v) is 4.45. The van der Waals surface area contributed by atoms with Crippen molar-refractivity contribution in [2.45, 2.75) is 19.0 Å². The zero-order valence-corrected chi connectivity index (χ0v) is 10.4. The van der Waals surface area contributed by atoms with E-state index < -0.39 is 6.04 Å². The van der Waals surface area contributed by atoms with Gasteiger partial charge in [-0.05, 0) is 18.6 Å². The van der Waals surface area contributed by atoms with Crippen LogP contribution in [-0.2, 0) is 11.3 Å². The fourth-order valence-corrected chi connectivity index (χ4v) is 2.25. The van der Waals surface area contributed by atoms with Crippen LogP contribution in [0.4, 0.5) is 0 Å². The van der Waals surface area contributed by atoms with E-state index in [4.69, 9.17) is 4.74 Å². The molecule has 2 heterocycles. The zero-order valence-electron chi connectivity index (χ0n) is 10.4. The van der Waals surface area contributed by atoms with Crippen molar-refractivity contribution >= 4 is 6.21 Å². The van der Waals surface area contributed by atoms with Gasteiger partial charge < -0.3 is 9.30 Å². The molecule has 0 aromatic carbocycles. The summed E-state index contributed by atoms with van der Waals surface area (Å²) < 4.78 is 7.27. The van der Waals surface area contributed by atoms with Gasteiger partial charge in [0.25, 0.3) is 6.04 Å². The summed E-state index contributed by atoms with van der Waals surface area (Å²) in [6.07, 6.45) is 4.27. The van der Waals surface area contributed by atoms with E-state index >= 15 is 0 Å². The van der Waals surface area contributed by atoms with Gasteiger partial charge in [-0.15, -0.1) is 0 Å². The Hall–Kier alpha value is -1.69. The van der Waals surface area contributed by atoms with Gasteiger partial charge in [-0.1, -0.05) is 0 Å². The van der Waals surface area contributed by atoms with Crippen LogP contribution in [0.15, 0.2) is 23.3 Å². The molecular weight excluding hydrogens is 234 g/mol. The van der Waals surface area contributed by atoms with Crippen LogP contribution in [0.1, 0.15) is 18.2 Å². The standard InChI is InChI=1S/C12H17N3O3/c1-13-7-12(15(16)17)11-3-2-5-14(11)8-10-4-6-18-9-10/h2-3,5,7,10,12H,4,6,8-9H2,1H3. The van der Waals surface area contributed by atoms with E-state index in [0.717, 1.165) is 26.2 Å². The minimum absolute atomic E-state index is 0.315. The van der Waals surface area contributed by atoms with Crippen LogP contribution >= 0.6 is 0 Å². The van der Waals surface area contributed by atoms with E-state index in [2.05, 4.69) is 4.99 Å².